The number of nitrogens with zero attached hydrogens (tertiary/aromatic N) is 1. The summed E-state index contributed by atoms with van der Waals surface area (Å²) in [5, 5.41) is 4.45. The molecule has 0 aliphatic heterocycles. The van der Waals surface area contributed by atoms with E-state index < -0.39 is 0 Å². The van der Waals surface area contributed by atoms with Crippen molar-refractivity contribution in [2.45, 2.75) is 44.7 Å². The second-order valence-electron chi connectivity index (χ2n) is 6.55. The van der Waals surface area contributed by atoms with Gasteiger partial charge in [0.05, 0.1) is 0 Å². The Morgan fingerprint density at radius 3 is 2.60 bits per heavy atom. The SMILES string of the molecule is CC1CCCC(CNCc2ccc(Cl)cc2)(N(C)C)C1. The Morgan fingerprint density at radius 1 is 1.30 bits per heavy atom. The van der Waals surface area contributed by atoms with Crippen LogP contribution in [-0.4, -0.2) is 31.1 Å². The minimum Gasteiger partial charge on any atom is -0.311 e. The molecule has 20 heavy (non-hydrogen) atoms. The fraction of sp³-hybridized carbons (Fsp3) is 0.647. The summed E-state index contributed by atoms with van der Waals surface area (Å²) < 4.78 is 0. The Morgan fingerprint density at radius 2 is 2.00 bits per heavy atom. The molecule has 2 atom stereocenters. The molecule has 0 spiro atoms. The lowest BCUT2D eigenvalue weighted by Crippen LogP contribution is -2.54. The molecule has 1 fully saturated rings. The second kappa shape index (κ2) is 6.93. The van der Waals surface area contributed by atoms with Crippen LogP contribution in [0.3, 0.4) is 0 Å². The third-order valence-electron chi connectivity index (χ3n) is 4.71. The van der Waals surface area contributed by atoms with Crippen molar-refractivity contribution < 1.29 is 0 Å². The molecular weight excluding hydrogens is 268 g/mol. The highest BCUT2D eigenvalue weighted by molar-refractivity contribution is 6.30. The van der Waals surface area contributed by atoms with Crippen molar-refractivity contribution in [3.05, 3.63) is 34.9 Å². The van der Waals surface area contributed by atoms with Gasteiger partial charge in [-0.15, -0.1) is 0 Å². The minimum atomic E-state index is 0.324. The molecule has 2 nitrogen and oxygen atoms in total. The maximum atomic E-state index is 5.92. The summed E-state index contributed by atoms with van der Waals surface area (Å²) >= 11 is 5.92. The number of hydrogen-bond acceptors (Lipinski definition) is 2. The number of hydrogen-bond donors (Lipinski definition) is 1. The first-order chi connectivity index (χ1) is 9.52. The molecule has 1 N–H and O–H groups in total. The highest BCUT2D eigenvalue weighted by atomic mass is 35.5. The topological polar surface area (TPSA) is 15.3 Å². The third-order valence-corrected chi connectivity index (χ3v) is 4.96. The molecule has 0 radical (unpaired) electrons. The number of nitrogens with one attached hydrogen (secondary N) is 1. The van der Waals surface area contributed by atoms with Gasteiger partial charge in [0, 0.05) is 23.7 Å². The first-order valence-corrected chi connectivity index (χ1v) is 8.02. The highest BCUT2D eigenvalue weighted by Crippen LogP contribution is 2.35. The molecule has 2 rings (SSSR count). The summed E-state index contributed by atoms with van der Waals surface area (Å²) in [6.07, 6.45) is 5.33. The summed E-state index contributed by atoms with van der Waals surface area (Å²) in [6.45, 7) is 4.37. The van der Waals surface area contributed by atoms with Gasteiger partial charge in [-0.1, -0.05) is 43.5 Å². The molecule has 1 saturated carbocycles. The fourth-order valence-corrected chi connectivity index (χ4v) is 3.52. The van der Waals surface area contributed by atoms with E-state index in [2.05, 4.69) is 43.4 Å². The first-order valence-electron chi connectivity index (χ1n) is 7.64. The molecule has 0 heterocycles. The van der Waals surface area contributed by atoms with Gasteiger partial charge in [0.1, 0.15) is 0 Å². The number of halogens is 1. The molecule has 0 aromatic heterocycles. The van der Waals surface area contributed by atoms with E-state index in [0.29, 0.717) is 5.54 Å². The van der Waals surface area contributed by atoms with Crippen molar-refractivity contribution in [3.63, 3.8) is 0 Å². The zero-order valence-electron chi connectivity index (χ0n) is 13.0. The van der Waals surface area contributed by atoms with Crippen LogP contribution in [-0.2, 0) is 6.54 Å². The van der Waals surface area contributed by atoms with Crippen LogP contribution in [0.25, 0.3) is 0 Å². The Balaban J connectivity index is 1.91. The van der Waals surface area contributed by atoms with Gasteiger partial charge in [0.2, 0.25) is 0 Å². The summed E-state index contributed by atoms with van der Waals surface area (Å²) in [4.78, 5) is 2.43. The van der Waals surface area contributed by atoms with Crippen LogP contribution < -0.4 is 5.32 Å². The highest BCUT2D eigenvalue weighted by Gasteiger charge is 2.36. The van der Waals surface area contributed by atoms with Crippen LogP contribution in [0.2, 0.25) is 5.02 Å². The number of benzene rings is 1. The zero-order valence-corrected chi connectivity index (χ0v) is 13.7. The van der Waals surface area contributed by atoms with E-state index in [1.54, 1.807) is 0 Å². The molecule has 1 aliphatic carbocycles. The summed E-state index contributed by atoms with van der Waals surface area (Å²) in [7, 11) is 4.45. The van der Waals surface area contributed by atoms with Crippen LogP contribution in [0.15, 0.2) is 24.3 Å². The quantitative estimate of drug-likeness (QED) is 0.885. The van der Waals surface area contributed by atoms with Crippen molar-refractivity contribution in [1.82, 2.24) is 10.2 Å². The average molecular weight is 295 g/mol. The van der Waals surface area contributed by atoms with Gasteiger partial charge in [0.25, 0.3) is 0 Å². The van der Waals surface area contributed by atoms with Gasteiger partial charge in [-0.25, -0.2) is 0 Å². The van der Waals surface area contributed by atoms with Gasteiger partial charge in [0.15, 0.2) is 0 Å². The molecule has 0 bridgehead atoms. The van der Waals surface area contributed by atoms with Gasteiger partial charge >= 0.3 is 0 Å². The molecule has 0 amide bonds. The predicted octanol–water partition coefficient (Wildman–Crippen LogP) is 3.94. The Labute approximate surface area is 128 Å². The molecule has 0 saturated heterocycles. The van der Waals surface area contributed by atoms with Crippen LogP contribution in [0, 0.1) is 5.92 Å². The van der Waals surface area contributed by atoms with Crippen LogP contribution in [0.4, 0.5) is 0 Å². The van der Waals surface area contributed by atoms with Gasteiger partial charge in [-0.3, -0.25) is 0 Å². The van der Waals surface area contributed by atoms with Crippen molar-refractivity contribution in [3.8, 4) is 0 Å². The van der Waals surface area contributed by atoms with Gasteiger partial charge in [-0.05, 0) is 50.6 Å². The fourth-order valence-electron chi connectivity index (χ4n) is 3.40. The summed E-state index contributed by atoms with van der Waals surface area (Å²) in [6, 6.07) is 8.12. The van der Waals surface area contributed by atoms with Crippen LogP contribution in [0.1, 0.15) is 38.2 Å². The van der Waals surface area contributed by atoms with Crippen molar-refractivity contribution in [2.75, 3.05) is 20.6 Å². The molecule has 2 unspecified atom stereocenters. The summed E-state index contributed by atoms with van der Waals surface area (Å²) in [5.74, 6) is 0.837. The maximum absolute atomic E-state index is 5.92. The van der Waals surface area contributed by atoms with E-state index in [1.807, 2.05) is 12.1 Å². The zero-order chi connectivity index (χ0) is 14.6. The van der Waals surface area contributed by atoms with Crippen molar-refractivity contribution in [1.29, 1.82) is 0 Å². The van der Waals surface area contributed by atoms with Gasteiger partial charge < -0.3 is 10.2 Å². The largest absolute Gasteiger partial charge is 0.311 e. The predicted molar refractivity (Wildman–Crippen MR) is 87.2 cm³/mol. The third kappa shape index (κ3) is 3.97. The smallest absolute Gasteiger partial charge is 0.0406 e. The molecule has 1 aromatic carbocycles. The van der Waals surface area contributed by atoms with Gasteiger partial charge in [-0.2, -0.15) is 0 Å². The lowest BCUT2D eigenvalue weighted by molar-refractivity contribution is 0.0749. The summed E-state index contributed by atoms with van der Waals surface area (Å²) in [5.41, 5.74) is 1.62. The van der Waals surface area contributed by atoms with Crippen molar-refractivity contribution in [2.24, 2.45) is 5.92 Å². The normalized spacial score (nSPS) is 26.9. The standard InChI is InChI=1S/C17H27ClN2/c1-14-5-4-10-17(11-14,20(2)3)13-19-12-15-6-8-16(18)9-7-15/h6-9,14,19H,4-5,10-13H2,1-3H3. The maximum Gasteiger partial charge on any atom is 0.0406 e. The molecule has 3 heteroatoms. The van der Waals surface area contributed by atoms with E-state index in [9.17, 15) is 0 Å². The van der Waals surface area contributed by atoms with Crippen LogP contribution >= 0.6 is 11.6 Å². The van der Waals surface area contributed by atoms with E-state index >= 15 is 0 Å². The minimum absolute atomic E-state index is 0.324. The van der Waals surface area contributed by atoms with Crippen molar-refractivity contribution >= 4 is 11.6 Å². The monoisotopic (exact) mass is 294 g/mol. The van der Waals surface area contributed by atoms with E-state index in [-0.39, 0.29) is 0 Å². The Bertz CT molecular complexity index is 416. The molecular formula is C17H27ClN2. The van der Waals surface area contributed by atoms with E-state index in [4.69, 9.17) is 11.6 Å². The van der Waals surface area contributed by atoms with E-state index in [0.717, 1.165) is 24.0 Å². The number of likely N-dealkylation sites (N-methyl/N-ethyl adjacent to an activating group) is 1. The first kappa shape index (κ1) is 15.8. The van der Waals surface area contributed by atoms with E-state index in [1.165, 1.54) is 31.2 Å². The average Bonchev–Trinajstić information content (AvgIpc) is 2.41. The Hall–Kier alpha value is -0.570. The molecule has 1 aromatic rings. The molecule has 1 aliphatic rings. The second-order valence-corrected chi connectivity index (χ2v) is 6.99. The molecule has 112 valence electrons. The lowest BCUT2D eigenvalue weighted by atomic mass is 9.75. The van der Waals surface area contributed by atoms with Crippen LogP contribution in [0.5, 0.6) is 0 Å². The number of rotatable bonds is 5. The lowest BCUT2D eigenvalue weighted by Gasteiger charge is -2.45. The Kier molecular flexibility index (Phi) is 5.48.